The zero-order valence-electron chi connectivity index (χ0n) is 36.8. The van der Waals surface area contributed by atoms with Gasteiger partial charge in [-0.25, -0.2) is 4.57 Å². The quantitative estimate of drug-likeness (QED) is 0.0270. The first-order valence-corrected chi connectivity index (χ1v) is 25.5. The zero-order valence-corrected chi connectivity index (χ0v) is 37.7. The minimum Gasteiger partial charge on any atom is -0.462 e. The lowest BCUT2D eigenvalue weighted by molar-refractivity contribution is -0.161. The Morgan fingerprint density at radius 2 is 0.750 bits per heavy atom. The van der Waals surface area contributed by atoms with Gasteiger partial charge in [-0.15, -0.1) is 0 Å². The van der Waals surface area contributed by atoms with Crippen molar-refractivity contribution in [1.82, 2.24) is 0 Å². The van der Waals surface area contributed by atoms with Crippen LogP contribution in [0.5, 0.6) is 0 Å². The highest BCUT2D eigenvalue weighted by atomic mass is 31.2. The molecular weight excluding hydrogens is 723 g/mol. The normalized spacial score (nSPS) is 12.4. The molecule has 0 aliphatic rings. The van der Waals surface area contributed by atoms with Crippen molar-refractivity contribution < 1.29 is 37.9 Å². The highest BCUT2D eigenvalue weighted by molar-refractivity contribution is 7.46. The predicted octanol–water partition coefficient (Wildman–Crippen LogP) is 15.0. The number of esters is 2. The number of phosphoric ester groups is 1. The third-order valence-electron chi connectivity index (χ3n) is 10.8. The molecule has 0 heterocycles. The Morgan fingerprint density at radius 1 is 0.446 bits per heavy atom. The van der Waals surface area contributed by atoms with Gasteiger partial charge in [-0.05, 0) is 38.5 Å². The van der Waals surface area contributed by atoms with E-state index in [1.54, 1.807) is 0 Å². The van der Waals surface area contributed by atoms with Gasteiger partial charge in [0, 0.05) is 12.8 Å². The molecule has 9 heteroatoms. The molecule has 0 amide bonds. The molecule has 0 saturated heterocycles. The van der Waals surface area contributed by atoms with Crippen LogP contribution in [0.2, 0.25) is 0 Å². The summed E-state index contributed by atoms with van der Waals surface area (Å²) in [6, 6.07) is 0. The van der Waals surface area contributed by atoms with Crippen molar-refractivity contribution in [3.05, 3.63) is 12.2 Å². The first-order valence-electron chi connectivity index (χ1n) is 24.0. The van der Waals surface area contributed by atoms with Gasteiger partial charge >= 0.3 is 19.8 Å². The van der Waals surface area contributed by atoms with Crippen LogP contribution >= 0.6 is 7.82 Å². The Labute approximate surface area is 346 Å². The standard InChI is InChI=1S/C47H91O8P/c1-3-5-7-9-11-13-15-17-19-21-22-23-24-26-27-29-31-33-35-37-39-41-46(48)53-43-45(44-54-56(50,51)52)55-47(49)42-40-38-36-34-32-30-28-25-20-18-16-14-12-10-8-6-4-2/h17,19,45H,3-16,18,20-44H2,1-2H3,(H2,50,51,52)/b19-17-/t45-/m1/s1. The molecule has 1 atom stereocenters. The number of phosphoric acid groups is 1. The second kappa shape index (κ2) is 43.4. The molecule has 0 spiro atoms. The Morgan fingerprint density at radius 3 is 1.09 bits per heavy atom. The molecule has 0 aliphatic heterocycles. The second-order valence-corrected chi connectivity index (χ2v) is 17.7. The number of carbonyl (C=O) groups excluding carboxylic acids is 2. The number of carbonyl (C=O) groups is 2. The summed E-state index contributed by atoms with van der Waals surface area (Å²) in [6.07, 6.45) is 49.4. The fraction of sp³-hybridized carbons (Fsp3) is 0.915. The molecule has 0 rings (SSSR count). The van der Waals surface area contributed by atoms with Gasteiger partial charge in [0.25, 0.3) is 0 Å². The van der Waals surface area contributed by atoms with E-state index in [0.717, 1.165) is 32.1 Å². The molecule has 0 bridgehead atoms. The number of rotatable bonds is 45. The summed E-state index contributed by atoms with van der Waals surface area (Å²) < 4.78 is 26.5. The average Bonchev–Trinajstić information content (AvgIpc) is 3.17. The molecule has 8 nitrogen and oxygen atoms in total. The predicted molar refractivity (Wildman–Crippen MR) is 235 cm³/mol. The van der Waals surface area contributed by atoms with Crippen molar-refractivity contribution >= 4 is 19.8 Å². The first kappa shape index (κ1) is 54.8. The molecule has 2 N–H and O–H groups in total. The van der Waals surface area contributed by atoms with E-state index in [4.69, 9.17) is 19.3 Å². The van der Waals surface area contributed by atoms with Crippen molar-refractivity contribution in [3.8, 4) is 0 Å². The number of hydrogen-bond donors (Lipinski definition) is 2. The topological polar surface area (TPSA) is 119 Å². The Balaban J connectivity index is 3.80. The van der Waals surface area contributed by atoms with E-state index in [1.165, 1.54) is 193 Å². The lowest BCUT2D eigenvalue weighted by Gasteiger charge is -2.18. The summed E-state index contributed by atoms with van der Waals surface area (Å²) in [5, 5.41) is 0. The van der Waals surface area contributed by atoms with Gasteiger partial charge in [-0.2, -0.15) is 0 Å². The molecule has 0 aromatic carbocycles. The van der Waals surface area contributed by atoms with Gasteiger partial charge in [0.05, 0.1) is 6.61 Å². The molecule has 56 heavy (non-hydrogen) atoms. The van der Waals surface area contributed by atoms with Crippen LogP contribution in [0.25, 0.3) is 0 Å². The van der Waals surface area contributed by atoms with Crippen LogP contribution in [0.15, 0.2) is 12.2 Å². The SMILES string of the molecule is CCCCCCCC/C=C\CCCCCCCCCCCCCC(=O)OC[C@H](COP(=O)(O)O)OC(=O)CCCCCCCCCCCCCCCCCCC. The van der Waals surface area contributed by atoms with Gasteiger partial charge in [0.1, 0.15) is 6.61 Å². The summed E-state index contributed by atoms with van der Waals surface area (Å²) >= 11 is 0. The van der Waals surface area contributed by atoms with Crippen LogP contribution in [-0.4, -0.2) is 41.0 Å². The van der Waals surface area contributed by atoms with Crippen LogP contribution in [0.1, 0.15) is 258 Å². The van der Waals surface area contributed by atoms with Crippen LogP contribution in [0.3, 0.4) is 0 Å². The number of allylic oxidation sites excluding steroid dienone is 2. The molecule has 0 radical (unpaired) electrons. The fourth-order valence-electron chi connectivity index (χ4n) is 7.19. The van der Waals surface area contributed by atoms with E-state index >= 15 is 0 Å². The molecule has 0 unspecified atom stereocenters. The summed E-state index contributed by atoms with van der Waals surface area (Å²) in [6.45, 7) is 3.73. The highest BCUT2D eigenvalue weighted by Gasteiger charge is 2.23. The monoisotopic (exact) mass is 815 g/mol. The van der Waals surface area contributed by atoms with Crippen molar-refractivity contribution in [1.29, 1.82) is 0 Å². The van der Waals surface area contributed by atoms with Crippen molar-refractivity contribution in [2.45, 2.75) is 264 Å². The van der Waals surface area contributed by atoms with E-state index in [1.807, 2.05) is 0 Å². The fourth-order valence-corrected chi connectivity index (χ4v) is 7.55. The van der Waals surface area contributed by atoms with Gasteiger partial charge < -0.3 is 19.3 Å². The van der Waals surface area contributed by atoms with Gasteiger partial charge in [-0.1, -0.05) is 219 Å². The zero-order chi connectivity index (χ0) is 41.1. The lowest BCUT2D eigenvalue weighted by Crippen LogP contribution is -2.29. The van der Waals surface area contributed by atoms with E-state index < -0.39 is 32.5 Å². The Hall–Kier alpha value is -1.21. The molecule has 0 aliphatic carbocycles. The summed E-state index contributed by atoms with van der Waals surface area (Å²) in [5.41, 5.74) is 0. The summed E-state index contributed by atoms with van der Waals surface area (Å²) in [4.78, 5) is 43.0. The van der Waals surface area contributed by atoms with E-state index in [2.05, 4.69) is 30.5 Å². The summed E-state index contributed by atoms with van der Waals surface area (Å²) in [5.74, 6) is -0.869. The first-order chi connectivity index (χ1) is 27.3. The molecule has 0 saturated carbocycles. The smallest absolute Gasteiger partial charge is 0.462 e. The Kier molecular flexibility index (Phi) is 42.4. The largest absolute Gasteiger partial charge is 0.469 e. The van der Waals surface area contributed by atoms with Crippen molar-refractivity contribution in [3.63, 3.8) is 0 Å². The second-order valence-electron chi connectivity index (χ2n) is 16.4. The molecule has 0 aromatic rings. The van der Waals surface area contributed by atoms with Crippen LogP contribution < -0.4 is 0 Å². The lowest BCUT2D eigenvalue weighted by atomic mass is 10.0. The number of unbranched alkanes of at least 4 members (excludes halogenated alkanes) is 33. The van der Waals surface area contributed by atoms with E-state index in [9.17, 15) is 14.2 Å². The third kappa shape index (κ3) is 45.5. The van der Waals surface area contributed by atoms with E-state index in [0.29, 0.717) is 6.42 Å². The third-order valence-corrected chi connectivity index (χ3v) is 11.3. The number of ether oxygens (including phenoxy) is 2. The highest BCUT2D eigenvalue weighted by Crippen LogP contribution is 2.36. The average molecular weight is 815 g/mol. The minimum absolute atomic E-state index is 0.218. The minimum atomic E-state index is -4.75. The molecule has 0 fully saturated rings. The van der Waals surface area contributed by atoms with Gasteiger partial charge in [0.15, 0.2) is 6.10 Å². The van der Waals surface area contributed by atoms with Gasteiger partial charge in [0.2, 0.25) is 0 Å². The van der Waals surface area contributed by atoms with Crippen LogP contribution in [-0.2, 0) is 28.2 Å². The Bertz CT molecular complexity index is 920. The van der Waals surface area contributed by atoms with Gasteiger partial charge in [-0.3, -0.25) is 14.1 Å². The maximum absolute atomic E-state index is 12.4. The number of hydrogen-bond acceptors (Lipinski definition) is 6. The molecular formula is C47H91O8P. The van der Waals surface area contributed by atoms with Crippen molar-refractivity contribution in [2.75, 3.05) is 13.2 Å². The van der Waals surface area contributed by atoms with Crippen LogP contribution in [0.4, 0.5) is 0 Å². The van der Waals surface area contributed by atoms with Crippen LogP contribution in [0, 0.1) is 0 Å². The van der Waals surface area contributed by atoms with E-state index in [-0.39, 0.29) is 19.4 Å². The van der Waals surface area contributed by atoms with Crippen molar-refractivity contribution in [2.24, 2.45) is 0 Å². The maximum Gasteiger partial charge on any atom is 0.469 e. The molecule has 0 aromatic heterocycles. The maximum atomic E-state index is 12.4. The summed E-state index contributed by atoms with van der Waals surface area (Å²) in [7, 11) is -4.75. The molecule has 332 valence electrons.